The number of phenols is 1. The third-order valence-electron chi connectivity index (χ3n) is 8.88. The monoisotopic (exact) mass is 1010 g/mol. The van der Waals surface area contributed by atoms with Crippen molar-refractivity contribution in [2.45, 2.75) is 25.0 Å². The summed E-state index contributed by atoms with van der Waals surface area (Å²) in [6.07, 6.45) is 2.51. The van der Waals surface area contributed by atoms with Crippen molar-refractivity contribution >= 4 is 22.5 Å². The van der Waals surface area contributed by atoms with Gasteiger partial charge in [0.25, 0.3) is 10.1 Å². The van der Waals surface area contributed by atoms with Crippen molar-refractivity contribution in [1.82, 2.24) is 0 Å². The molecule has 0 aromatic heterocycles. The molecule has 0 radical (unpaired) electrons. The van der Waals surface area contributed by atoms with E-state index in [2.05, 4.69) is 6.58 Å². The number of aldehydes is 1. The molecular formula is C52H70O18S. The summed E-state index contributed by atoms with van der Waals surface area (Å²) in [6, 6.07) is 27.1. The maximum Gasteiger partial charge on any atom is 0.297 e. The van der Waals surface area contributed by atoms with Crippen molar-refractivity contribution in [2.24, 2.45) is 0 Å². The fraction of sp³-hybridized carbons (Fsp3) is 0.365. The lowest BCUT2D eigenvalue weighted by Gasteiger charge is -2.09. The summed E-state index contributed by atoms with van der Waals surface area (Å²) in [4.78, 5) is 10.8. The van der Waals surface area contributed by atoms with Gasteiger partial charge >= 0.3 is 0 Å². The van der Waals surface area contributed by atoms with Gasteiger partial charge in [-0.1, -0.05) is 30.4 Å². The Bertz CT molecular complexity index is 2230. The standard InChI is InChI=1S/C12H16O3.C11H16O4.C11H14O4.C10H14O4S.C8H10O3/c1-4-10-7-11(14-3)9-12(8-10)15-6-5-13-2;2*1-13-3-4-15-11-6-9(8-12)5-10(7-11)14-2;1-9-3-5-10(6-4-9)15(11,12)14-8-7-13-2;1-11-8-3-6(5-9)2-7(10)4-8/h4,7-9H,1,5-6H2,2-3H3;5-7,12H,3-4,8H2,1-2H3;5-8H,3-4H2,1-2H3;3-6H,7-8H2,1-2H3;2-4,9-10H,5H2,1H3. The molecule has 71 heavy (non-hydrogen) atoms. The number of aliphatic hydroxyl groups is 2. The van der Waals surface area contributed by atoms with Gasteiger partial charge < -0.3 is 67.4 Å². The van der Waals surface area contributed by atoms with Crippen LogP contribution in [-0.4, -0.2) is 140 Å². The maximum absolute atomic E-state index is 11.5. The number of ether oxygens (including phenoxy) is 11. The highest BCUT2D eigenvalue weighted by atomic mass is 32.2. The molecule has 0 unspecified atom stereocenters. The number of hydrogen-bond acceptors (Lipinski definition) is 18. The van der Waals surface area contributed by atoms with Gasteiger partial charge in [0, 0.05) is 58.3 Å². The van der Waals surface area contributed by atoms with Crippen LogP contribution in [0.3, 0.4) is 0 Å². The van der Waals surface area contributed by atoms with Crippen LogP contribution in [0.25, 0.3) is 6.08 Å². The molecule has 0 atom stereocenters. The Hall–Kier alpha value is -6.42. The average molecular weight is 1020 g/mol. The number of rotatable bonds is 25. The third kappa shape index (κ3) is 27.0. The Labute approximate surface area is 418 Å². The van der Waals surface area contributed by atoms with Gasteiger partial charge in [0.1, 0.15) is 72.1 Å². The molecule has 0 saturated heterocycles. The first-order valence-corrected chi connectivity index (χ1v) is 23.2. The highest BCUT2D eigenvalue weighted by Gasteiger charge is 2.14. The zero-order valence-corrected chi connectivity index (χ0v) is 42.9. The fourth-order valence-electron chi connectivity index (χ4n) is 5.28. The number of phenolic OH excluding ortho intramolecular Hbond substituents is 1. The average Bonchev–Trinajstić information content (AvgIpc) is 3.39. The quantitative estimate of drug-likeness (QED) is 0.0295. The zero-order chi connectivity index (χ0) is 52.9. The zero-order valence-electron chi connectivity index (χ0n) is 42.0. The van der Waals surface area contributed by atoms with E-state index in [1.54, 1.807) is 103 Å². The minimum Gasteiger partial charge on any atom is -0.508 e. The van der Waals surface area contributed by atoms with E-state index in [1.165, 1.54) is 38.5 Å². The molecule has 5 aromatic rings. The van der Waals surface area contributed by atoms with Crippen molar-refractivity contribution in [2.75, 3.05) is 110 Å². The Kier molecular flexibility index (Phi) is 33.0. The number of aromatic hydroxyl groups is 1. The van der Waals surface area contributed by atoms with Crippen LogP contribution in [0.1, 0.15) is 32.6 Å². The minimum absolute atomic E-state index is 0.0299. The summed E-state index contributed by atoms with van der Waals surface area (Å²) in [6.45, 7) is 8.83. The predicted octanol–water partition coefficient (Wildman–Crippen LogP) is 7.35. The first-order valence-electron chi connectivity index (χ1n) is 21.7. The molecule has 5 aromatic carbocycles. The molecule has 5 rings (SSSR count). The van der Waals surface area contributed by atoms with Crippen molar-refractivity contribution in [3.8, 4) is 46.0 Å². The largest absolute Gasteiger partial charge is 0.508 e. The van der Waals surface area contributed by atoms with Crippen LogP contribution in [0, 0.1) is 6.92 Å². The Morgan fingerprint density at radius 2 is 0.845 bits per heavy atom. The van der Waals surface area contributed by atoms with Crippen LogP contribution in [0.4, 0.5) is 0 Å². The van der Waals surface area contributed by atoms with Gasteiger partial charge in [0.2, 0.25) is 0 Å². The van der Waals surface area contributed by atoms with E-state index in [4.69, 9.17) is 71.6 Å². The number of methoxy groups -OCH3 is 8. The van der Waals surface area contributed by atoms with Crippen molar-refractivity contribution in [3.63, 3.8) is 0 Å². The highest BCUT2D eigenvalue weighted by molar-refractivity contribution is 7.86. The molecule has 0 saturated carbocycles. The summed E-state index contributed by atoms with van der Waals surface area (Å²) < 4.78 is 83.5. The fourth-order valence-corrected chi connectivity index (χ4v) is 6.17. The normalized spacial score (nSPS) is 10.2. The lowest BCUT2D eigenvalue weighted by Crippen LogP contribution is -2.10. The molecule has 0 aliphatic heterocycles. The van der Waals surface area contributed by atoms with Gasteiger partial charge in [-0.05, 0) is 84.3 Å². The van der Waals surface area contributed by atoms with Gasteiger partial charge in [0.15, 0.2) is 0 Å². The van der Waals surface area contributed by atoms with E-state index in [1.807, 2.05) is 25.1 Å². The Morgan fingerprint density at radius 1 is 0.479 bits per heavy atom. The second-order valence-electron chi connectivity index (χ2n) is 14.2. The molecule has 0 amide bonds. The van der Waals surface area contributed by atoms with Crippen molar-refractivity contribution < 1.29 is 84.8 Å². The summed E-state index contributed by atoms with van der Waals surface area (Å²) >= 11 is 0. The van der Waals surface area contributed by atoms with E-state index < -0.39 is 10.1 Å². The van der Waals surface area contributed by atoms with Crippen LogP contribution in [0.15, 0.2) is 109 Å². The highest BCUT2D eigenvalue weighted by Crippen LogP contribution is 2.25. The van der Waals surface area contributed by atoms with Crippen LogP contribution in [0.5, 0.6) is 46.0 Å². The molecule has 0 spiro atoms. The summed E-state index contributed by atoms with van der Waals surface area (Å²) in [5.74, 6) is 4.74. The van der Waals surface area contributed by atoms with Crippen LogP contribution in [-0.2, 0) is 46.5 Å². The van der Waals surface area contributed by atoms with Crippen molar-refractivity contribution in [3.05, 3.63) is 131 Å². The van der Waals surface area contributed by atoms with Crippen molar-refractivity contribution in [1.29, 1.82) is 0 Å². The van der Waals surface area contributed by atoms with Gasteiger partial charge in [-0.15, -0.1) is 0 Å². The van der Waals surface area contributed by atoms with Gasteiger partial charge in [-0.2, -0.15) is 8.42 Å². The Morgan fingerprint density at radius 3 is 1.27 bits per heavy atom. The van der Waals surface area contributed by atoms with Crippen LogP contribution >= 0.6 is 0 Å². The summed E-state index contributed by atoms with van der Waals surface area (Å²) in [7, 11) is 8.98. The maximum atomic E-state index is 11.5. The molecule has 0 aliphatic carbocycles. The molecule has 0 fully saturated rings. The summed E-state index contributed by atoms with van der Waals surface area (Å²) in [5.41, 5.74) is 3.91. The van der Waals surface area contributed by atoms with Gasteiger partial charge in [-0.25, -0.2) is 0 Å². The molecule has 392 valence electrons. The number of benzene rings is 5. The number of hydrogen-bond donors (Lipinski definition) is 3. The van der Waals surface area contributed by atoms with Gasteiger partial charge in [0.05, 0.1) is 79.6 Å². The second-order valence-corrected chi connectivity index (χ2v) is 15.8. The molecule has 3 N–H and O–H groups in total. The molecule has 18 nitrogen and oxygen atoms in total. The molecular weight excluding hydrogens is 945 g/mol. The predicted molar refractivity (Wildman–Crippen MR) is 269 cm³/mol. The summed E-state index contributed by atoms with van der Waals surface area (Å²) in [5, 5.41) is 26.8. The second kappa shape index (κ2) is 37.4. The van der Waals surface area contributed by atoms with E-state index in [-0.39, 0.29) is 37.1 Å². The van der Waals surface area contributed by atoms with E-state index in [0.29, 0.717) is 79.5 Å². The van der Waals surface area contributed by atoms with E-state index in [9.17, 15) is 13.2 Å². The first-order chi connectivity index (χ1) is 34.2. The third-order valence-corrected chi connectivity index (χ3v) is 10.2. The van der Waals surface area contributed by atoms with Crippen LogP contribution in [0.2, 0.25) is 0 Å². The SMILES string of the molecule is C=Cc1cc(OC)cc(OCCOC)c1.COCCOS(=O)(=O)c1ccc(C)cc1.COCCOc1cc(C=O)cc(OC)c1.COCCOc1cc(CO)cc(OC)c1.COc1cc(O)cc(CO)c1. The number of carbonyl (C=O) groups is 1. The molecule has 0 aliphatic rings. The molecule has 0 bridgehead atoms. The first kappa shape index (κ1) is 62.6. The van der Waals surface area contributed by atoms with Gasteiger partial charge in [-0.3, -0.25) is 8.98 Å². The lowest BCUT2D eigenvalue weighted by molar-refractivity contribution is 0.112. The smallest absolute Gasteiger partial charge is 0.297 e. The molecule has 19 heteroatoms. The molecule has 0 heterocycles. The number of aryl methyl sites for hydroxylation is 1. The van der Waals surface area contributed by atoms with E-state index in [0.717, 1.165) is 34.5 Å². The Balaban J connectivity index is 0.000000445. The topological polar surface area (TPSA) is 223 Å². The number of aliphatic hydroxyl groups excluding tert-OH is 2. The minimum atomic E-state index is -3.63. The van der Waals surface area contributed by atoms with Crippen LogP contribution < -0.4 is 33.2 Å². The number of carbonyl (C=O) groups excluding carboxylic acids is 1. The van der Waals surface area contributed by atoms with E-state index >= 15 is 0 Å². The lowest BCUT2D eigenvalue weighted by atomic mass is 10.2.